The Hall–Kier alpha value is -0.940. The first-order chi connectivity index (χ1) is 5.75. The molecule has 0 amide bonds. The Morgan fingerprint density at radius 2 is 2.42 bits per heavy atom. The number of hydrogen-bond donors (Lipinski definition) is 0. The summed E-state index contributed by atoms with van der Waals surface area (Å²) in [6, 6.07) is 1.87. The smallest absolute Gasteiger partial charge is 0.234 e. The van der Waals surface area contributed by atoms with Crippen LogP contribution < -0.4 is 0 Å². The largest absolute Gasteiger partial charge is 0.275 e. The third-order valence-corrected chi connectivity index (χ3v) is 2.34. The highest BCUT2D eigenvalue weighted by molar-refractivity contribution is 7.09. The van der Waals surface area contributed by atoms with Gasteiger partial charge in [0.25, 0.3) is 0 Å². The summed E-state index contributed by atoms with van der Waals surface area (Å²) in [6.45, 7) is 0. The van der Waals surface area contributed by atoms with E-state index in [1.54, 1.807) is 4.68 Å². The molecule has 0 aliphatic rings. The van der Waals surface area contributed by atoms with E-state index in [-0.39, 0.29) is 5.28 Å². The molecule has 0 radical (unpaired) electrons. The van der Waals surface area contributed by atoms with E-state index in [1.165, 1.54) is 11.5 Å². The average molecular weight is 201 g/mol. The molecule has 0 unspecified atom stereocenters. The molecule has 0 saturated heterocycles. The molecule has 0 saturated carbocycles. The summed E-state index contributed by atoms with van der Waals surface area (Å²) in [5.41, 5.74) is 0.807. The molecule has 2 aromatic rings. The molecule has 12 heavy (non-hydrogen) atoms. The normalized spacial score (nSPS) is 10.5. The molecule has 0 aliphatic heterocycles. The zero-order valence-electron chi connectivity index (χ0n) is 6.23. The van der Waals surface area contributed by atoms with Crippen LogP contribution in [-0.2, 0) is 7.05 Å². The Labute approximate surface area is 78.0 Å². The average Bonchev–Trinajstić information content (AvgIpc) is 2.58. The first-order valence-corrected chi connectivity index (χ1v) is 4.40. The van der Waals surface area contributed by atoms with Gasteiger partial charge in [0.15, 0.2) is 5.01 Å². The van der Waals surface area contributed by atoms with E-state index < -0.39 is 0 Å². The molecule has 62 valence electrons. The predicted octanol–water partition coefficient (Wildman–Crippen LogP) is 1.59. The zero-order valence-corrected chi connectivity index (χ0v) is 7.80. The minimum absolute atomic E-state index is 0.278. The molecule has 0 aromatic carbocycles. The third-order valence-electron chi connectivity index (χ3n) is 1.33. The molecule has 2 heterocycles. The van der Waals surface area contributed by atoms with Crippen LogP contribution in [0.1, 0.15) is 0 Å². The molecule has 0 atom stereocenters. The number of aromatic nitrogens is 4. The summed E-state index contributed by atoms with van der Waals surface area (Å²) in [5.74, 6) is 0. The van der Waals surface area contributed by atoms with Crippen molar-refractivity contribution in [2.45, 2.75) is 0 Å². The van der Waals surface area contributed by atoms with Crippen molar-refractivity contribution in [2.75, 3.05) is 0 Å². The van der Waals surface area contributed by atoms with Crippen molar-refractivity contribution in [2.24, 2.45) is 7.05 Å². The topological polar surface area (TPSA) is 43.6 Å². The molecular formula is C6H5ClN4S. The molecule has 0 fully saturated rings. The maximum atomic E-state index is 5.57. The van der Waals surface area contributed by atoms with Crippen molar-refractivity contribution in [1.82, 2.24) is 19.1 Å². The molecule has 0 spiro atoms. The van der Waals surface area contributed by atoms with Gasteiger partial charge in [-0.3, -0.25) is 4.68 Å². The lowest BCUT2D eigenvalue weighted by Crippen LogP contribution is -1.87. The minimum Gasteiger partial charge on any atom is -0.275 e. The Balaban J connectivity index is 2.43. The second kappa shape index (κ2) is 2.84. The van der Waals surface area contributed by atoms with Crippen LogP contribution in [0.5, 0.6) is 0 Å². The van der Waals surface area contributed by atoms with Gasteiger partial charge in [0.1, 0.15) is 5.69 Å². The van der Waals surface area contributed by atoms with E-state index in [1.807, 2.05) is 19.3 Å². The van der Waals surface area contributed by atoms with Gasteiger partial charge >= 0.3 is 0 Å². The molecule has 2 rings (SSSR count). The third kappa shape index (κ3) is 1.33. The van der Waals surface area contributed by atoms with Gasteiger partial charge in [-0.05, 0) is 29.2 Å². The van der Waals surface area contributed by atoms with Crippen LogP contribution in [0.4, 0.5) is 0 Å². The highest BCUT2D eigenvalue weighted by Crippen LogP contribution is 2.20. The predicted molar refractivity (Wildman–Crippen MR) is 47.1 cm³/mol. The first kappa shape index (κ1) is 7.70. The molecule has 4 nitrogen and oxygen atoms in total. The van der Waals surface area contributed by atoms with E-state index in [4.69, 9.17) is 11.6 Å². The van der Waals surface area contributed by atoms with Crippen molar-refractivity contribution in [3.8, 4) is 10.7 Å². The van der Waals surface area contributed by atoms with Crippen molar-refractivity contribution in [3.63, 3.8) is 0 Å². The zero-order chi connectivity index (χ0) is 8.55. The van der Waals surface area contributed by atoms with Crippen LogP contribution in [0.2, 0.25) is 5.28 Å². The van der Waals surface area contributed by atoms with Crippen molar-refractivity contribution >= 4 is 23.1 Å². The van der Waals surface area contributed by atoms with Crippen LogP contribution in [0.3, 0.4) is 0 Å². The number of halogens is 1. The van der Waals surface area contributed by atoms with Gasteiger partial charge in [0.05, 0.1) is 0 Å². The van der Waals surface area contributed by atoms with Gasteiger partial charge in [-0.1, -0.05) is 0 Å². The molecule has 2 aromatic heterocycles. The number of rotatable bonds is 1. The standard InChI is InChI=1S/C6H5ClN4S/c1-11-3-2-4(9-11)5-8-6(7)10-12-5/h2-3H,1H3. The quantitative estimate of drug-likeness (QED) is 0.702. The second-order valence-corrected chi connectivity index (χ2v) is 3.33. The fraction of sp³-hybridized carbons (Fsp3) is 0.167. The highest BCUT2D eigenvalue weighted by Gasteiger charge is 2.06. The van der Waals surface area contributed by atoms with Crippen LogP contribution >= 0.6 is 23.1 Å². The molecular weight excluding hydrogens is 196 g/mol. The number of nitrogens with zero attached hydrogens (tertiary/aromatic N) is 4. The van der Waals surface area contributed by atoms with Gasteiger partial charge in [-0.25, -0.2) is 4.98 Å². The number of aryl methyl sites for hydroxylation is 1. The summed E-state index contributed by atoms with van der Waals surface area (Å²) in [6.07, 6.45) is 1.85. The van der Waals surface area contributed by atoms with Crippen LogP contribution in [0, 0.1) is 0 Å². The highest BCUT2D eigenvalue weighted by atomic mass is 35.5. The van der Waals surface area contributed by atoms with Crippen LogP contribution in [0.15, 0.2) is 12.3 Å². The fourth-order valence-electron chi connectivity index (χ4n) is 0.839. The van der Waals surface area contributed by atoms with E-state index in [0.717, 1.165) is 10.7 Å². The summed E-state index contributed by atoms with van der Waals surface area (Å²) in [5, 5.41) is 5.19. The molecule has 0 aliphatic carbocycles. The van der Waals surface area contributed by atoms with E-state index in [0.29, 0.717) is 0 Å². The van der Waals surface area contributed by atoms with E-state index >= 15 is 0 Å². The maximum absolute atomic E-state index is 5.57. The Morgan fingerprint density at radius 3 is 2.92 bits per heavy atom. The maximum Gasteiger partial charge on any atom is 0.234 e. The van der Waals surface area contributed by atoms with Crippen LogP contribution in [-0.4, -0.2) is 19.1 Å². The fourth-order valence-corrected chi connectivity index (χ4v) is 1.61. The molecule has 0 N–H and O–H groups in total. The minimum atomic E-state index is 0.278. The van der Waals surface area contributed by atoms with Crippen molar-refractivity contribution in [1.29, 1.82) is 0 Å². The number of hydrogen-bond acceptors (Lipinski definition) is 4. The van der Waals surface area contributed by atoms with Gasteiger partial charge in [0.2, 0.25) is 5.28 Å². The van der Waals surface area contributed by atoms with E-state index in [2.05, 4.69) is 14.5 Å². The SMILES string of the molecule is Cn1ccc(-c2nc(Cl)ns2)n1. The summed E-state index contributed by atoms with van der Waals surface area (Å²) >= 11 is 6.82. The summed E-state index contributed by atoms with van der Waals surface area (Å²) in [4.78, 5) is 3.99. The Kier molecular flexibility index (Phi) is 1.82. The monoisotopic (exact) mass is 200 g/mol. The van der Waals surface area contributed by atoms with Crippen molar-refractivity contribution < 1.29 is 0 Å². The summed E-state index contributed by atoms with van der Waals surface area (Å²) < 4.78 is 5.56. The lowest BCUT2D eigenvalue weighted by molar-refractivity contribution is 0.770. The second-order valence-electron chi connectivity index (χ2n) is 2.24. The Bertz CT molecular complexity index is 355. The molecule has 6 heteroatoms. The lowest BCUT2D eigenvalue weighted by Gasteiger charge is -1.85. The lowest BCUT2D eigenvalue weighted by atomic mass is 10.5. The van der Waals surface area contributed by atoms with Gasteiger partial charge in [0, 0.05) is 13.2 Å². The Morgan fingerprint density at radius 1 is 1.58 bits per heavy atom. The summed E-state index contributed by atoms with van der Waals surface area (Å²) in [7, 11) is 1.85. The van der Waals surface area contributed by atoms with Crippen molar-refractivity contribution in [3.05, 3.63) is 17.5 Å². The van der Waals surface area contributed by atoms with Crippen LogP contribution in [0.25, 0.3) is 10.7 Å². The van der Waals surface area contributed by atoms with Gasteiger partial charge < -0.3 is 0 Å². The van der Waals surface area contributed by atoms with Gasteiger partial charge in [-0.15, -0.1) is 0 Å². The first-order valence-electron chi connectivity index (χ1n) is 3.25. The van der Waals surface area contributed by atoms with E-state index in [9.17, 15) is 0 Å². The van der Waals surface area contributed by atoms with Gasteiger partial charge in [-0.2, -0.15) is 9.47 Å². The molecule has 0 bridgehead atoms.